The zero-order valence-electron chi connectivity index (χ0n) is 11.3. The lowest BCUT2D eigenvalue weighted by Gasteiger charge is -2.31. The average Bonchev–Trinajstić information content (AvgIpc) is 2.29. The number of aliphatic hydroxyl groups excluding tert-OH is 1. The van der Waals surface area contributed by atoms with Gasteiger partial charge in [-0.05, 0) is 51.4 Å². The highest BCUT2D eigenvalue weighted by molar-refractivity contribution is 5.08. The zero-order chi connectivity index (χ0) is 12.9. The first-order chi connectivity index (χ1) is 7.97. The van der Waals surface area contributed by atoms with Gasteiger partial charge in [-0.2, -0.15) is 0 Å². The van der Waals surface area contributed by atoms with Crippen LogP contribution in [0, 0.1) is 11.8 Å². The van der Waals surface area contributed by atoms with Crippen LogP contribution < -0.4 is 0 Å². The summed E-state index contributed by atoms with van der Waals surface area (Å²) in [5, 5.41) is 19.0. The fourth-order valence-corrected chi connectivity index (χ4v) is 2.35. The normalized spacial score (nSPS) is 30.1. The molecule has 2 nitrogen and oxygen atoms in total. The molecule has 3 unspecified atom stereocenters. The maximum Gasteiger partial charge on any atom is 0.106 e. The highest BCUT2D eigenvalue weighted by Crippen LogP contribution is 2.32. The van der Waals surface area contributed by atoms with Gasteiger partial charge in [-0.15, -0.1) is 0 Å². The number of allylic oxidation sites excluding steroid dienone is 3. The van der Waals surface area contributed by atoms with E-state index in [1.165, 1.54) is 12.0 Å². The standard InChI is InChI=1S/C15H26O2/c1-12(2)5-4-6-13(3)14-7-9-15(17,11-16)10-8-14/h5,7,9,13-14,16-17H,4,6,8,10-11H2,1-3H3. The number of hydrogen-bond donors (Lipinski definition) is 2. The van der Waals surface area contributed by atoms with Crippen LogP contribution in [-0.2, 0) is 0 Å². The molecule has 0 saturated carbocycles. The van der Waals surface area contributed by atoms with Gasteiger partial charge in [0.25, 0.3) is 0 Å². The maximum atomic E-state index is 9.88. The van der Waals surface area contributed by atoms with E-state index in [-0.39, 0.29) is 6.61 Å². The molecular formula is C15H26O2. The van der Waals surface area contributed by atoms with Gasteiger partial charge in [0.15, 0.2) is 0 Å². The molecule has 0 radical (unpaired) electrons. The molecule has 1 aliphatic rings. The molecule has 2 heteroatoms. The molecular weight excluding hydrogens is 212 g/mol. The molecule has 0 aliphatic heterocycles. The van der Waals surface area contributed by atoms with Gasteiger partial charge < -0.3 is 10.2 Å². The summed E-state index contributed by atoms with van der Waals surface area (Å²) in [6.45, 7) is 6.37. The van der Waals surface area contributed by atoms with Gasteiger partial charge in [0.2, 0.25) is 0 Å². The van der Waals surface area contributed by atoms with Gasteiger partial charge >= 0.3 is 0 Å². The molecule has 17 heavy (non-hydrogen) atoms. The molecule has 0 saturated heterocycles. The van der Waals surface area contributed by atoms with E-state index in [0.29, 0.717) is 18.3 Å². The van der Waals surface area contributed by atoms with Crippen molar-refractivity contribution in [1.29, 1.82) is 0 Å². The molecule has 3 atom stereocenters. The molecule has 2 N–H and O–H groups in total. The van der Waals surface area contributed by atoms with Crippen LogP contribution in [0.1, 0.15) is 46.5 Å². The van der Waals surface area contributed by atoms with Crippen molar-refractivity contribution >= 4 is 0 Å². The van der Waals surface area contributed by atoms with E-state index in [0.717, 1.165) is 12.8 Å². The van der Waals surface area contributed by atoms with Gasteiger partial charge in [-0.3, -0.25) is 0 Å². The summed E-state index contributed by atoms with van der Waals surface area (Å²) in [5.74, 6) is 1.19. The SMILES string of the molecule is CC(C)=CCCC(C)C1C=CC(O)(CO)CC1. The minimum Gasteiger partial charge on any atom is -0.393 e. The van der Waals surface area contributed by atoms with Crippen LogP contribution in [0.25, 0.3) is 0 Å². The van der Waals surface area contributed by atoms with Crippen molar-refractivity contribution in [3.63, 3.8) is 0 Å². The minimum atomic E-state index is -0.962. The number of rotatable bonds is 5. The highest BCUT2D eigenvalue weighted by Gasteiger charge is 2.29. The molecule has 0 amide bonds. The van der Waals surface area contributed by atoms with Crippen molar-refractivity contribution < 1.29 is 10.2 Å². The Bertz CT molecular complexity index is 289. The summed E-state index contributed by atoms with van der Waals surface area (Å²) in [6, 6.07) is 0. The molecule has 0 bridgehead atoms. The van der Waals surface area contributed by atoms with Crippen LogP contribution in [0.4, 0.5) is 0 Å². The lowest BCUT2D eigenvalue weighted by Crippen LogP contribution is -2.34. The van der Waals surface area contributed by atoms with Gasteiger partial charge in [-0.25, -0.2) is 0 Å². The third kappa shape index (κ3) is 4.64. The second kappa shape index (κ2) is 6.36. The molecule has 1 rings (SSSR count). The average molecular weight is 238 g/mol. The quantitative estimate of drug-likeness (QED) is 0.723. The fourth-order valence-electron chi connectivity index (χ4n) is 2.35. The second-order valence-corrected chi connectivity index (χ2v) is 5.66. The lowest BCUT2D eigenvalue weighted by molar-refractivity contribution is 0.00903. The van der Waals surface area contributed by atoms with Crippen LogP contribution in [0.5, 0.6) is 0 Å². The van der Waals surface area contributed by atoms with Gasteiger partial charge in [-0.1, -0.05) is 30.7 Å². The van der Waals surface area contributed by atoms with Gasteiger partial charge in [0.05, 0.1) is 6.61 Å². The van der Waals surface area contributed by atoms with E-state index in [4.69, 9.17) is 5.11 Å². The van der Waals surface area contributed by atoms with Crippen molar-refractivity contribution in [2.75, 3.05) is 6.61 Å². The predicted octanol–water partition coefficient (Wildman–Crippen LogP) is 3.06. The smallest absolute Gasteiger partial charge is 0.106 e. The van der Waals surface area contributed by atoms with E-state index < -0.39 is 5.60 Å². The van der Waals surface area contributed by atoms with Crippen molar-refractivity contribution in [2.45, 2.75) is 52.1 Å². The Labute approximate surface area is 105 Å². The fraction of sp³-hybridized carbons (Fsp3) is 0.733. The summed E-state index contributed by atoms with van der Waals surface area (Å²) in [6.07, 6.45) is 10.1. The summed E-state index contributed by atoms with van der Waals surface area (Å²) in [4.78, 5) is 0. The number of aliphatic hydroxyl groups is 2. The second-order valence-electron chi connectivity index (χ2n) is 5.66. The molecule has 0 spiro atoms. The maximum absolute atomic E-state index is 9.88. The Morgan fingerprint density at radius 3 is 2.71 bits per heavy atom. The zero-order valence-corrected chi connectivity index (χ0v) is 11.3. The molecule has 0 aromatic rings. The number of hydrogen-bond acceptors (Lipinski definition) is 2. The molecule has 1 aliphatic carbocycles. The third-order valence-electron chi connectivity index (χ3n) is 3.74. The first-order valence-electron chi connectivity index (χ1n) is 6.63. The van der Waals surface area contributed by atoms with Crippen molar-refractivity contribution in [3.8, 4) is 0 Å². The van der Waals surface area contributed by atoms with Crippen LogP contribution in [0.15, 0.2) is 23.8 Å². The molecule has 0 aromatic heterocycles. The first-order valence-corrected chi connectivity index (χ1v) is 6.63. The van der Waals surface area contributed by atoms with E-state index in [1.54, 1.807) is 6.08 Å². The van der Waals surface area contributed by atoms with Crippen LogP contribution in [0.3, 0.4) is 0 Å². The Hall–Kier alpha value is -0.600. The van der Waals surface area contributed by atoms with Crippen LogP contribution in [0.2, 0.25) is 0 Å². The Balaban J connectivity index is 2.42. The third-order valence-corrected chi connectivity index (χ3v) is 3.74. The Morgan fingerprint density at radius 1 is 1.53 bits per heavy atom. The largest absolute Gasteiger partial charge is 0.393 e. The summed E-state index contributed by atoms with van der Waals surface area (Å²) in [5.41, 5.74) is 0.418. The first kappa shape index (κ1) is 14.5. The Morgan fingerprint density at radius 2 is 2.24 bits per heavy atom. The van der Waals surface area contributed by atoms with Gasteiger partial charge in [0, 0.05) is 0 Å². The van der Waals surface area contributed by atoms with Crippen LogP contribution >= 0.6 is 0 Å². The van der Waals surface area contributed by atoms with E-state index in [9.17, 15) is 5.11 Å². The topological polar surface area (TPSA) is 40.5 Å². The van der Waals surface area contributed by atoms with E-state index in [1.807, 2.05) is 0 Å². The van der Waals surface area contributed by atoms with Crippen molar-refractivity contribution in [2.24, 2.45) is 11.8 Å². The summed E-state index contributed by atoms with van der Waals surface area (Å²) < 4.78 is 0. The molecule has 0 aromatic carbocycles. The van der Waals surface area contributed by atoms with E-state index >= 15 is 0 Å². The molecule has 98 valence electrons. The van der Waals surface area contributed by atoms with Crippen molar-refractivity contribution in [3.05, 3.63) is 23.8 Å². The lowest BCUT2D eigenvalue weighted by atomic mass is 9.78. The van der Waals surface area contributed by atoms with Crippen molar-refractivity contribution in [1.82, 2.24) is 0 Å². The monoisotopic (exact) mass is 238 g/mol. The van der Waals surface area contributed by atoms with Gasteiger partial charge in [0.1, 0.15) is 5.60 Å². The molecule has 0 heterocycles. The predicted molar refractivity (Wildman–Crippen MR) is 71.7 cm³/mol. The Kier molecular flexibility index (Phi) is 5.41. The van der Waals surface area contributed by atoms with Crippen LogP contribution in [-0.4, -0.2) is 22.4 Å². The van der Waals surface area contributed by atoms with E-state index in [2.05, 4.69) is 32.9 Å². The summed E-state index contributed by atoms with van der Waals surface area (Å²) >= 11 is 0. The highest BCUT2D eigenvalue weighted by atomic mass is 16.3. The minimum absolute atomic E-state index is 0.164. The molecule has 0 fully saturated rings. The summed E-state index contributed by atoms with van der Waals surface area (Å²) in [7, 11) is 0.